The maximum Gasteiger partial charge on any atom is 0.297 e. The third-order valence-electron chi connectivity index (χ3n) is 2.96. The molecule has 0 saturated heterocycles. The number of thiophene rings is 1. The fourth-order valence-corrected chi connectivity index (χ4v) is 2.57. The van der Waals surface area contributed by atoms with Crippen molar-refractivity contribution in [2.75, 3.05) is 5.32 Å². The van der Waals surface area contributed by atoms with Crippen molar-refractivity contribution in [1.29, 1.82) is 0 Å². The van der Waals surface area contributed by atoms with Crippen molar-refractivity contribution < 1.29 is 4.39 Å². The van der Waals surface area contributed by atoms with Crippen LogP contribution in [0.5, 0.6) is 0 Å². The monoisotopic (exact) mass is 301 g/mol. The normalized spacial score (nSPS) is 10.5. The topological polar surface area (TPSA) is 46.9 Å². The molecular formula is C15H12FN3OS. The van der Waals surface area contributed by atoms with E-state index in [2.05, 4.69) is 10.3 Å². The van der Waals surface area contributed by atoms with Crippen LogP contribution in [0.3, 0.4) is 0 Å². The highest BCUT2D eigenvalue weighted by Gasteiger charge is 2.06. The fraction of sp³-hybridized carbons (Fsp3) is 0.0667. The summed E-state index contributed by atoms with van der Waals surface area (Å²) in [5, 5.41) is 5.01. The lowest BCUT2D eigenvalue weighted by atomic mass is 10.3. The maximum absolute atomic E-state index is 12.9. The molecule has 0 aliphatic carbocycles. The molecule has 0 bridgehead atoms. The Morgan fingerprint density at radius 2 is 2.05 bits per heavy atom. The van der Waals surface area contributed by atoms with Crippen LogP contribution in [-0.2, 0) is 6.54 Å². The summed E-state index contributed by atoms with van der Waals surface area (Å²) < 4.78 is 14.4. The standard InChI is InChI=1S/C15H12FN3OS/c16-11-3-5-12(6-4-11)19-8-7-17-14(15(19)20)18-10-13-2-1-9-21-13/h1-9H,10H2,(H,17,18). The Morgan fingerprint density at radius 1 is 1.24 bits per heavy atom. The van der Waals surface area contributed by atoms with Gasteiger partial charge in [0.25, 0.3) is 5.56 Å². The molecule has 2 heterocycles. The summed E-state index contributed by atoms with van der Waals surface area (Å²) in [6.45, 7) is 0.549. The Morgan fingerprint density at radius 3 is 2.76 bits per heavy atom. The molecule has 0 aliphatic heterocycles. The molecule has 2 aromatic heterocycles. The van der Waals surface area contributed by atoms with Gasteiger partial charge >= 0.3 is 0 Å². The second-order valence-electron chi connectivity index (χ2n) is 4.36. The van der Waals surface area contributed by atoms with Crippen LogP contribution in [0.4, 0.5) is 10.2 Å². The van der Waals surface area contributed by atoms with E-state index >= 15 is 0 Å². The lowest BCUT2D eigenvalue weighted by Crippen LogP contribution is -2.22. The van der Waals surface area contributed by atoms with E-state index in [1.54, 1.807) is 35.9 Å². The molecule has 4 nitrogen and oxygen atoms in total. The average molecular weight is 301 g/mol. The molecule has 106 valence electrons. The third-order valence-corrected chi connectivity index (χ3v) is 3.83. The Bertz CT molecular complexity index is 781. The van der Waals surface area contributed by atoms with E-state index in [1.165, 1.54) is 16.7 Å². The zero-order chi connectivity index (χ0) is 14.7. The van der Waals surface area contributed by atoms with Crippen LogP contribution in [-0.4, -0.2) is 9.55 Å². The van der Waals surface area contributed by atoms with Crippen LogP contribution >= 0.6 is 11.3 Å². The van der Waals surface area contributed by atoms with Gasteiger partial charge in [0.05, 0.1) is 6.54 Å². The van der Waals surface area contributed by atoms with Crippen molar-refractivity contribution in [2.45, 2.75) is 6.54 Å². The van der Waals surface area contributed by atoms with Crippen LogP contribution in [0.25, 0.3) is 5.69 Å². The van der Waals surface area contributed by atoms with Crippen molar-refractivity contribution in [2.24, 2.45) is 0 Å². The van der Waals surface area contributed by atoms with Gasteiger partial charge in [-0.15, -0.1) is 11.3 Å². The second-order valence-corrected chi connectivity index (χ2v) is 5.39. The van der Waals surface area contributed by atoms with Gasteiger partial charge in [-0.25, -0.2) is 9.37 Å². The number of halogens is 1. The summed E-state index contributed by atoms with van der Waals surface area (Å²) in [6.07, 6.45) is 3.10. The molecule has 21 heavy (non-hydrogen) atoms. The second kappa shape index (κ2) is 5.88. The first kappa shape index (κ1) is 13.5. The minimum absolute atomic E-state index is 0.263. The first-order valence-electron chi connectivity index (χ1n) is 6.34. The first-order valence-corrected chi connectivity index (χ1v) is 7.22. The fourth-order valence-electron chi connectivity index (χ4n) is 1.92. The van der Waals surface area contributed by atoms with Crippen LogP contribution in [0.15, 0.2) is 59.0 Å². The molecule has 1 N–H and O–H groups in total. The summed E-state index contributed by atoms with van der Waals surface area (Å²) in [7, 11) is 0. The lowest BCUT2D eigenvalue weighted by Gasteiger charge is -2.08. The number of hydrogen-bond donors (Lipinski definition) is 1. The predicted octanol–water partition coefficient (Wildman–Crippen LogP) is 3.05. The van der Waals surface area contributed by atoms with Crippen LogP contribution in [0.1, 0.15) is 4.88 Å². The molecule has 0 amide bonds. The molecular weight excluding hydrogens is 289 g/mol. The summed E-state index contributed by atoms with van der Waals surface area (Å²) in [4.78, 5) is 17.5. The Hall–Kier alpha value is -2.47. The largest absolute Gasteiger partial charge is 0.361 e. The van der Waals surface area contributed by atoms with Crippen molar-refractivity contribution in [1.82, 2.24) is 9.55 Å². The number of nitrogens with zero attached hydrogens (tertiary/aromatic N) is 2. The molecule has 3 aromatic rings. The van der Waals surface area contributed by atoms with Gasteiger partial charge in [0.15, 0.2) is 5.82 Å². The molecule has 1 aromatic carbocycles. The smallest absolute Gasteiger partial charge is 0.297 e. The van der Waals surface area contributed by atoms with Crippen molar-refractivity contribution >= 4 is 17.2 Å². The molecule has 0 radical (unpaired) electrons. The number of anilines is 1. The minimum atomic E-state index is -0.336. The number of aromatic nitrogens is 2. The van der Waals surface area contributed by atoms with Crippen molar-refractivity contribution in [3.8, 4) is 5.69 Å². The highest BCUT2D eigenvalue weighted by atomic mass is 32.1. The summed E-state index contributed by atoms with van der Waals surface area (Å²) >= 11 is 1.61. The van der Waals surface area contributed by atoms with Gasteiger partial charge in [0.1, 0.15) is 5.82 Å². The summed E-state index contributed by atoms with van der Waals surface area (Å²) in [6, 6.07) is 9.69. The number of hydrogen-bond acceptors (Lipinski definition) is 4. The molecule has 0 unspecified atom stereocenters. The predicted molar refractivity (Wildman–Crippen MR) is 81.4 cm³/mol. The Kier molecular flexibility index (Phi) is 3.79. The number of rotatable bonds is 4. The zero-order valence-corrected chi connectivity index (χ0v) is 11.8. The lowest BCUT2D eigenvalue weighted by molar-refractivity contribution is 0.627. The molecule has 0 spiro atoms. The van der Waals surface area contributed by atoms with E-state index in [4.69, 9.17) is 0 Å². The average Bonchev–Trinajstić information content (AvgIpc) is 3.01. The SMILES string of the molecule is O=c1c(NCc2cccs2)nccn1-c1ccc(F)cc1. The van der Waals surface area contributed by atoms with E-state index in [0.717, 1.165) is 4.88 Å². The number of benzene rings is 1. The molecule has 0 saturated carbocycles. The van der Waals surface area contributed by atoms with E-state index in [-0.39, 0.29) is 17.2 Å². The number of nitrogens with one attached hydrogen (secondary N) is 1. The van der Waals surface area contributed by atoms with E-state index in [0.29, 0.717) is 12.2 Å². The highest BCUT2D eigenvalue weighted by Crippen LogP contribution is 2.11. The first-order chi connectivity index (χ1) is 10.2. The van der Waals surface area contributed by atoms with Gasteiger partial charge < -0.3 is 5.32 Å². The van der Waals surface area contributed by atoms with Gasteiger partial charge in [-0.1, -0.05) is 6.07 Å². The Balaban J connectivity index is 1.88. The van der Waals surface area contributed by atoms with Crippen LogP contribution in [0, 0.1) is 5.82 Å². The van der Waals surface area contributed by atoms with Crippen molar-refractivity contribution in [3.63, 3.8) is 0 Å². The zero-order valence-electron chi connectivity index (χ0n) is 11.0. The van der Waals surface area contributed by atoms with E-state index < -0.39 is 0 Å². The van der Waals surface area contributed by atoms with E-state index in [1.807, 2.05) is 17.5 Å². The molecule has 0 atom stereocenters. The van der Waals surface area contributed by atoms with Crippen LogP contribution < -0.4 is 10.9 Å². The third kappa shape index (κ3) is 3.00. The van der Waals surface area contributed by atoms with Gasteiger partial charge in [-0.2, -0.15) is 0 Å². The van der Waals surface area contributed by atoms with Gasteiger partial charge in [-0.3, -0.25) is 9.36 Å². The van der Waals surface area contributed by atoms with Gasteiger partial charge in [0.2, 0.25) is 0 Å². The van der Waals surface area contributed by atoms with Crippen LogP contribution in [0.2, 0.25) is 0 Å². The molecule has 3 rings (SSSR count). The van der Waals surface area contributed by atoms with Gasteiger partial charge in [0, 0.05) is 23.0 Å². The molecule has 6 heteroatoms. The highest BCUT2D eigenvalue weighted by molar-refractivity contribution is 7.09. The molecule has 0 fully saturated rings. The summed E-state index contributed by atoms with van der Waals surface area (Å²) in [5.41, 5.74) is 0.337. The van der Waals surface area contributed by atoms with E-state index in [9.17, 15) is 9.18 Å². The quantitative estimate of drug-likeness (QED) is 0.805. The maximum atomic E-state index is 12.9. The molecule has 0 aliphatic rings. The Labute approximate surface area is 124 Å². The minimum Gasteiger partial charge on any atom is -0.361 e. The van der Waals surface area contributed by atoms with Crippen molar-refractivity contribution in [3.05, 3.63) is 75.2 Å². The summed E-state index contributed by atoms with van der Waals surface area (Å²) in [5.74, 6) is -0.0628. The van der Waals surface area contributed by atoms with Gasteiger partial charge in [-0.05, 0) is 35.7 Å².